The Hall–Kier alpha value is -1.36. The van der Waals surface area contributed by atoms with Crippen molar-refractivity contribution >= 4 is 15.9 Å². The van der Waals surface area contributed by atoms with Crippen molar-refractivity contribution in [2.75, 3.05) is 0 Å². The smallest absolute Gasteiger partial charge is 0.302 e. The highest BCUT2D eigenvalue weighted by atomic mass is 79.9. The molecule has 0 saturated carbocycles. The van der Waals surface area contributed by atoms with E-state index in [1.54, 1.807) is 18.3 Å². The number of imidazole rings is 1. The lowest BCUT2D eigenvalue weighted by atomic mass is 10.3. The van der Waals surface area contributed by atoms with E-state index >= 15 is 0 Å². The Morgan fingerprint density at radius 1 is 1.41 bits per heavy atom. The van der Waals surface area contributed by atoms with E-state index in [1.807, 2.05) is 18.4 Å². The number of aromatic nitrogens is 2. The van der Waals surface area contributed by atoms with Crippen molar-refractivity contribution in [1.82, 2.24) is 9.55 Å². The molecular weight excluding hydrogens is 287 g/mol. The van der Waals surface area contributed by atoms with Crippen LogP contribution in [0.2, 0.25) is 0 Å². The summed E-state index contributed by atoms with van der Waals surface area (Å²) in [6, 6.07) is 6.64. The minimum absolute atomic E-state index is 0.204. The van der Waals surface area contributed by atoms with E-state index in [0.29, 0.717) is 11.8 Å². The van der Waals surface area contributed by atoms with Crippen LogP contribution in [0, 0.1) is 5.82 Å². The fourth-order valence-corrected chi connectivity index (χ4v) is 2.17. The number of hydrogen-bond donors (Lipinski definition) is 0. The van der Waals surface area contributed by atoms with Crippen LogP contribution in [0.4, 0.5) is 4.39 Å². The summed E-state index contributed by atoms with van der Waals surface area (Å²) in [6.07, 6.45) is 1.66. The minimum Gasteiger partial charge on any atom is -0.425 e. The zero-order valence-electron chi connectivity index (χ0n) is 9.52. The predicted molar refractivity (Wildman–Crippen MR) is 66.8 cm³/mol. The van der Waals surface area contributed by atoms with Crippen LogP contribution < -0.4 is 4.74 Å². The molecule has 0 aliphatic rings. The molecule has 1 heterocycles. The molecule has 0 fully saturated rings. The molecule has 0 radical (unpaired) electrons. The quantitative estimate of drug-likeness (QED) is 0.851. The van der Waals surface area contributed by atoms with E-state index in [2.05, 4.69) is 20.9 Å². The summed E-state index contributed by atoms with van der Waals surface area (Å²) >= 11 is 3.39. The molecule has 0 aliphatic heterocycles. The Morgan fingerprint density at radius 3 is 2.82 bits per heavy atom. The summed E-state index contributed by atoms with van der Waals surface area (Å²) in [4.78, 5) is 4.13. The summed E-state index contributed by atoms with van der Waals surface area (Å²) in [5.74, 6) is 0.106. The van der Waals surface area contributed by atoms with Crippen molar-refractivity contribution in [2.24, 2.45) is 0 Å². The number of halogens is 2. The van der Waals surface area contributed by atoms with Crippen molar-refractivity contribution < 1.29 is 9.13 Å². The van der Waals surface area contributed by atoms with Gasteiger partial charge >= 0.3 is 6.01 Å². The Kier molecular flexibility index (Phi) is 3.47. The second-order valence-electron chi connectivity index (χ2n) is 3.89. The molecule has 0 saturated heterocycles. The molecule has 17 heavy (non-hydrogen) atoms. The molecule has 90 valence electrons. The van der Waals surface area contributed by atoms with Gasteiger partial charge in [-0.3, -0.25) is 4.57 Å². The minimum atomic E-state index is -0.329. The van der Waals surface area contributed by atoms with Crippen molar-refractivity contribution in [3.8, 4) is 11.8 Å². The molecule has 0 unspecified atom stereocenters. The second kappa shape index (κ2) is 4.87. The van der Waals surface area contributed by atoms with Crippen LogP contribution in [-0.4, -0.2) is 9.55 Å². The first kappa shape index (κ1) is 12.1. The highest BCUT2D eigenvalue weighted by molar-refractivity contribution is 9.10. The third kappa shape index (κ3) is 2.66. The fourth-order valence-electron chi connectivity index (χ4n) is 1.50. The molecular formula is C12H12BrFN2O. The van der Waals surface area contributed by atoms with Crippen LogP contribution in [0.3, 0.4) is 0 Å². The molecule has 0 bridgehead atoms. The average Bonchev–Trinajstić information content (AvgIpc) is 2.59. The molecule has 0 amide bonds. The van der Waals surface area contributed by atoms with Gasteiger partial charge in [-0.25, -0.2) is 9.37 Å². The molecule has 0 spiro atoms. The lowest BCUT2D eigenvalue weighted by Crippen LogP contribution is -2.03. The molecule has 0 N–H and O–H groups in total. The van der Waals surface area contributed by atoms with Crippen LogP contribution in [0.15, 0.2) is 35.1 Å². The SMILES string of the molecule is CC(C)n1c(Br)cnc1Oc1cccc(F)c1. The van der Waals surface area contributed by atoms with E-state index < -0.39 is 0 Å². The average molecular weight is 299 g/mol. The maximum Gasteiger partial charge on any atom is 0.302 e. The maximum absolute atomic E-state index is 13.0. The standard InChI is InChI=1S/C12H12BrFN2O/c1-8(2)16-11(13)7-15-12(16)17-10-5-3-4-9(14)6-10/h3-8H,1-2H3. The molecule has 0 aliphatic carbocycles. The van der Waals surface area contributed by atoms with E-state index in [-0.39, 0.29) is 11.9 Å². The Balaban J connectivity index is 2.30. The van der Waals surface area contributed by atoms with Crippen molar-refractivity contribution in [3.05, 3.63) is 40.9 Å². The van der Waals surface area contributed by atoms with Gasteiger partial charge < -0.3 is 4.74 Å². The number of nitrogens with zero attached hydrogens (tertiary/aromatic N) is 2. The van der Waals surface area contributed by atoms with Crippen LogP contribution in [-0.2, 0) is 0 Å². The normalized spacial score (nSPS) is 10.9. The third-order valence-electron chi connectivity index (χ3n) is 2.24. The molecule has 0 atom stereocenters. The molecule has 1 aromatic heterocycles. The third-order valence-corrected chi connectivity index (χ3v) is 2.83. The van der Waals surface area contributed by atoms with Crippen molar-refractivity contribution in [1.29, 1.82) is 0 Å². The largest absolute Gasteiger partial charge is 0.425 e. The van der Waals surface area contributed by atoms with Gasteiger partial charge in [-0.2, -0.15) is 0 Å². The van der Waals surface area contributed by atoms with Crippen molar-refractivity contribution in [3.63, 3.8) is 0 Å². The van der Waals surface area contributed by atoms with Crippen LogP contribution >= 0.6 is 15.9 Å². The van der Waals surface area contributed by atoms with Crippen LogP contribution in [0.1, 0.15) is 19.9 Å². The van der Waals surface area contributed by atoms with Gasteiger partial charge in [-0.1, -0.05) is 6.07 Å². The van der Waals surface area contributed by atoms with Gasteiger partial charge in [0.25, 0.3) is 0 Å². The van der Waals surface area contributed by atoms with Gasteiger partial charge in [0.05, 0.1) is 6.20 Å². The zero-order valence-corrected chi connectivity index (χ0v) is 11.1. The summed E-state index contributed by atoms with van der Waals surface area (Å²) in [5.41, 5.74) is 0. The van der Waals surface area contributed by atoms with Gasteiger partial charge in [-0.15, -0.1) is 0 Å². The number of benzene rings is 1. The Labute approximate surface area is 107 Å². The van der Waals surface area contributed by atoms with E-state index in [9.17, 15) is 4.39 Å². The lowest BCUT2D eigenvalue weighted by Gasteiger charge is -2.12. The summed E-state index contributed by atoms with van der Waals surface area (Å²) in [6.45, 7) is 4.04. The maximum atomic E-state index is 13.0. The predicted octanol–water partition coefficient (Wildman–Crippen LogP) is 4.16. The second-order valence-corrected chi connectivity index (χ2v) is 4.70. The first-order valence-electron chi connectivity index (χ1n) is 5.24. The number of ether oxygens (including phenoxy) is 1. The molecule has 3 nitrogen and oxygen atoms in total. The summed E-state index contributed by atoms with van der Waals surface area (Å²) in [5, 5.41) is 0. The Bertz CT molecular complexity index is 525. The van der Waals surface area contributed by atoms with Gasteiger partial charge in [0.1, 0.15) is 16.2 Å². The first-order chi connectivity index (χ1) is 8.08. The topological polar surface area (TPSA) is 27.1 Å². The molecule has 2 rings (SSSR count). The van der Waals surface area contributed by atoms with E-state index in [4.69, 9.17) is 4.74 Å². The summed E-state index contributed by atoms with van der Waals surface area (Å²) < 4.78 is 21.3. The highest BCUT2D eigenvalue weighted by Gasteiger charge is 2.13. The van der Waals surface area contributed by atoms with Gasteiger partial charge in [-0.05, 0) is 41.9 Å². The molecule has 5 heteroatoms. The highest BCUT2D eigenvalue weighted by Crippen LogP contribution is 2.27. The monoisotopic (exact) mass is 298 g/mol. The zero-order chi connectivity index (χ0) is 12.4. The van der Waals surface area contributed by atoms with Gasteiger partial charge in [0, 0.05) is 12.1 Å². The van der Waals surface area contributed by atoms with Crippen molar-refractivity contribution in [2.45, 2.75) is 19.9 Å². The van der Waals surface area contributed by atoms with Gasteiger partial charge in [0.2, 0.25) is 0 Å². The van der Waals surface area contributed by atoms with Gasteiger partial charge in [0.15, 0.2) is 0 Å². The molecule has 1 aromatic carbocycles. The number of rotatable bonds is 3. The van der Waals surface area contributed by atoms with Crippen LogP contribution in [0.25, 0.3) is 0 Å². The van der Waals surface area contributed by atoms with E-state index in [1.165, 1.54) is 12.1 Å². The fraction of sp³-hybridized carbons (Fsp3) is 0.250. The summed E-state index contributed by atoms with van der Waals surface area (Å²) in [7, 11) is 0. The van der Waals surface area contributed by atoms with E-state index in [0.717, 1.165) is 4.60 Å². The number of hydrogen-bond acceptors (Lipinski definition) is 2. The first-order valence-corrected chi connectivity index (χ1v) is 6.03. The molecule has 2 aromatic rings. The lowest BCUT2D eigenvalue weighted by molar-refractivity contribution is 0.391. The van der Waals surface area contributed by atoms with Crippen LogP contribution in [0.5, 0.6) is 11.8 Å². The Morgan fingerprint density at radius 2 is 2.18 bits per heavy atom.